The molecular formula is COS2Se. The van der Waals surface area contributed by atoms with E-state index in [-0.39, 0.29) is 0 Å². The fraction of sp³-hybridized carbons (Fsp3) is 0. The molecule has 0 unspecified atom stereocenters. The van der Waals surface area contributed by atoms with Crippen LogP contribution in [0.5, 0.6) is 0 Å². The van der Waals surface area contributed by atoms with Crippen LogP contribution in [0.3, 0.4) is 0 Å². The van der Waals surface area contributed by atoms with Gasteiger partial charge in [0.25, 0.3) is 0 Å². The van der Waals surface area contributed by atoms with Gasteiger partial charge in [-0.05, 0) is 0 Å². The van der Waals surface area contributed by atoms with Crippen molar-refractivity contribution in [1.82, 2.24) is 0 Å². The van der Waals surface area contributed by atoms with E-state index in [1.165, 1.54) is 0 Å². The summed E-state index contributed by atoms with van der Waals surface area (Å²) >= 11 is 4.88. The van der Waals surface area contributed by atoms with Crippen molar-refractivity contribution in [2.75, 3.05) is 0 Å². The molecule has 0 amide bonds. The summed E-state index contributed by atoms with van der Waals surface area (Å²) in [6.07, 6.45) is 0. The van der Waals surface area contributed by atoms with E-state index < -0.39 is 0 Å². The third kappa shape index (κ3) is 0.728. The Morgan fingerprint density at radius 1 is 2.00 bits per heavy atom. The molecule has 0 saturated carbocycles. The van der Waals surface area contributed by atoms with Gasteiger partial charge >= 0.3 is 43.1 Å². The van der Waals surface area contributed by atoms with Crippen LogP contribution < -0.4 is 0 Å². The Hall–Kier alpha value is 0.629. The van der Waals surface area contributed by atoms with Crippen LogP contribution in [0, 0.1) is 4.02 Å². The molecule has 0 aliphatic carbocycles. The molecule has 1 heterocycles. The molecule has 0 aliphatic rings. The Kier molecular flexibility index (Phi) is 1.06. The normalized spacial score (nSPS) is 8.80. The fourth-order valence-electron chi connectivity index (χ4n) is 0.0618. The van der Waals surface area contributed by atoms with Crippen LogP contribution in [0.15, 0.2) is 3.48 Å². The zero-order valence-corrected chi connectivity index (χ0v) is 5.48. The molecule has 0 saturated heterocycles. The van der Waals surface area contributed by atoms with Gasteiger partial charge in [-0.25, -0.2) is 0 Å². The molecule has 1 rings (SSSR count). The average Bonchev–Trinajstić information content (AvgIpc) is 1.30. The molecule has 0 fully saturated rings. The summed E-state index contributed by atoms with van der Waals surface area (Å²) in [5.74, 6) is 0. The van der Waals surface area contributed by atoms with Crippen molar-refractivity contribution in [2.45, 2.75) is 0 Å². The van der Waals surface area contributed by atoms with E-state index in [0.717, 1.165) is 0 Å². The predicted molar refractivity (Wildman–Crippen MR) is 24.4 cm³/mol. The third-order valence-corrected chi connectivity index (χ3v) is 4.24. The third-order valence-electron chi connectivity index (χ3n) is 0.204. The molecule has 0 N–H and O–H groups in total. The van der Waals surface area contributed by atoms with E-state index in [9.17, 15) is 0 Å². The van der Waals surface area contributed by atoms with Gasteiger partial charge in [-0.15, -0.1) is 0 Å². The molecule has 1 aromatic rings. The van der Waals surface area contributed by atoms with Gasteiger partial charge in [-0.1, -0.05) is 0 Å². The molecule has 0 aliphatic heterocycles. The quantitative estimate of drug-likeness (QED) is 0.428. The molecule has 5 heavy (non-hydrogen) atoms. The maximum absolute atomic E-state index is 4.69. The first-order chi connectivity index (χ1) is 2.39. The predicted octanol–water partition coefficient (Wildman–Crippen LogP) is 1.13. The van der Waals surface area contributed by atoms with Gasteiger partial charge in [0.1, 0.15) is 0 Å². The average molecular weight is 171 g/mol. The molecule has 28 valence electrons. The van der Waals surface area contributed by atoms with E-state index in [1.54, 1.807) is 9.72 Å². The Morgan fingerprint density at radius 2 is 2.40 bits per heavy atom. The summed E-state index contributed by atoms with van der Waals surface area (Å²) in [6, 6.07) is 0. The van der Waals surface area contributed by atoms with Crippen molar-refractivity contribution >= 4 is 35.6 Å². The summed E-state index contributed by atoms with van der Waals surface area (Å²) in [4.78, 5) is 0. The van der Waals surface area contributed by atoms with Crippen LogP contribution in [0.1, 0.15) is 0 Å². The first kappa shape index (κ1) is 3.81. The van der Waals surface area contributed by atoms with E-state index in [1.807, 2.05) is 0 Å². The van der Waals surface area contributed by atoms with Crippen LogP contribution in [0.4, 0.5) is 0 Å². The first-order valence-corrected chi connectivity index (χ1v) is 4.89. The topological polar surface area (TPSA) is 13.1 Å². The molecule has 0 spiro atoms. The Morgan fingerprint density at radius 3 is 2.40 bits per heavy atom. The van der Waals surface area contributed by atoms with Crippen LogP contribution in [0.2, 0.25) is 0 Å². The summed E-state index contributed by atoms with van der Waals surface area (Å²) in [5, 5.41) is 0. The zero-order chi connectivity index (χ0) is 3.70. The van der Waals surface area contributed by atoms with Crippen LogP contribution in [-0.4, -0.2) is 13.7 Å². The first-order valence-electron chi connectivity index (χ1n) is 0.946. The Balaban J connectivity index is 3.29. The van der Waals surface area contributed by atoms with Crippen LogP contribution in [0.25, 0.3) is 0 Å². The number of rotatable bonds is 0. The maximum atomic E-state index is 4.69. The Bertz CT molecular complexity index is 124. The summed E-state index contributed by atoms with van der Waals surface area (Å²) in [5.41, 5.74) is 0. The van der Waals surface area contributed by atoms with Gasteiger partial charge < -0.3 is 0 Å². The number of hydrogen-bond donors (Lipinski definition) is 0. The monoisotopic (exact) mass is 172 g/mol. The molecular weight excluding hydrogens is 171 g/mol. The molecule has 0 bridgehead atoms. The van der Waals surface area contributed by atoms with E-state index in [4.69, 9.17) is 0 Å². The standard InChI is InChI=1S/COS2Se/c3-1-2-5-4-1. The summed E-state index contributed by atoms with van der Waals surface area (Å²) in [7, 11) is 1.63. The van der Waals surface area contributed by atoms with Crippen molar-refractivity contribution in [2.24, 2.45) is 0 Å². The van der Waals surface area contributed by atoms with Gasteiger partial charge in [0.2, 0.25) is 0 Å². The van der Waals surface area contributed by atoms with Crippen molar-refractivity contribution in [3.05, 3.63) is 4.02 Å². The second kappa shape index (κ2) is 1.39. The SMILES string of the molecule is S=c1o[se]s1. The second-order valence-electron chi connectivity index (χ2n) is 0.485. The molecule has 0 aromatic carbocycles. The molecule has 0 atom stereocenters. The minimum absolute atomic E-state index is 0.344. The van der Waals surface area contributed by atoms with Crippen LogP contribution >= 0.6 is 21.9 Å². The van der Waals surface area contributed by atoms with Crippen molar-refractivity contribution in [3.63, 3.8) is 0 Å². The van der Waals surface area contributed by atoms with Gasteiger partial charge in [0, 0.05) is 0 Å². The molecule has 0 radical (unpaired) electrons. The summed E-state index contributed by atoms with van der Waals surface area (Å²) < 4.78 is 5.40. The molecule has 1 aromatic heterocycles. The van der Waals surface area contributed by atoms with Gasteiger partial charge in [-0.2, -0.15) is 0 Å². The van der Waals surface area contributed by atoms with Crippen molar-refractivity contribution in [1.29, 1.82) is 0 Å². The van der Waals surface area contributed by atoms with Gasteiger partial charge in [0.05, 0.1) is 0 Å². The van der Waals surface area contributed by atoms with Gasteiger partial charge in [-0.3, -0.25) is 0 Å². The van der Waals surface area contributed by atoms with Crippen molar-refractivity contribution < 1.29 is 3.48 Å². The molecule has 1 nitrogen and oxygen atoms in total. The minimum atomic E-state index is 0.344. The van der Waals surface area contributed by atoms with E-state index in [0.29, 0.717) is 17.7 Å². The fourth-order valence-corrected chi connectivity index (χ4v) is 1.83. The summed E-state index contributed by atoms with van der Waals surface area (Å²) in [6.45, 7) is 0. The Labute approximate surface area is 43.4 Å². The van der Waals surface area contributed by atoms with E-state index in [2.05, 4.69) is 15.7 Å². The zero-order valence-electron chi connectivity index (χ0n) is 2.13. The van der Waals surface area contributed by atoms with E-state index >= 15 is 0 Å². The molecule has 4 heteroatoms. The number of hydrogen-bond acceptors (Lipinski definition) is 3. The van der Waals surface area contributed by atoms with Crippen molar-refractivity contribution in [3.8, 4) is 0 Å². The van der Waals surface area contributed by atoms with Gasteiger partial charge in [0.15, 0.2) is 0 Å². The van der Waals surface area contributed by atoms with Crippen LogP contribution in [-0.2, 0) is 0 Å². The second-order valence-corrected chi connectivity index (χ2v) is 4.04.